The van der Waals surface area contributed by atoms with Gasteiger partial charge >= 0.3 is 0 Å². The lowest BCUT2D eigenvalue weighted by molar-refractivity contribution is 0.0841. The lowest BCUT2D eigenvalue weighted by Crippen LogP contribution is -2.45. The molecule has 3 nitrogen and oxygen atoms in total. The smallest absolute Gasteiger partial charge is 0.0704 e. The minimum atomic E-state index is -0.878. The van der Waals surface area contributed by atoms with Crippen LogP contribution in [-0.2, 0) is 5.41 Å². The fourth-order valence-corrected chi connectivity index (χ4v) is 2.88. The van der Waals surface area contributed by atoms with Gasteiger partial charge in [0.25, 0.3) is 0 Å². The van der Waals surface area contributed by atoms with Crippen LogP contribution in [0.3, 0.4) is 0 Å². The average Bonchev–Trinajstić information content (AvgIpc) is 2.27. The first-order valence-electron chi connectivity index (χ1n) is 6.57. The van der Waals surface area contributed by atoms with Crippen molar-refractivity contribution in [2.45, 2.75) is 50.5 Å². The number of halogens is 1. The van der Waals surface area contributed by atoms with Crippen LogP contribution in [0.15, 0.2) is 29.4 Å². The number of hydrogen-bond acceptors (Lipinski definition) is 3. The highest BCUT2D eigenvalue weighted by Gasteiger charge is 2.45. The highest BCUT2D eigenvalue weighted by Crippen LogP contribution is 2.46. The molecule has 0 atom stereocenters. The Bertz CT molecular complexity index is 470. The largest absolute Gasteiger partial charge is 0.411 e. The molecule has 1 aliphatic carbocycles. The Balaban J connectivity index is 2.34. The van der Waals surface area contributed by atoms with Crippen LogP contribution in [0.25, 0.3) is 0 Å². The summed E-state index contributed by atoms with van der Waals surface area (Å²) < 4.78 is 0. The van der Waals surface area contributed by atoms with Gasteiger partial charge in [0.2, 0.25) is 0 Å². The van der Waals surface area contributed by atoms with Gasteiger partial charge in [0, 0.05) is 16.9 Å². The van der Waals surface area contributed by atoms with Crippen LogP contribution in [0, 0.1) is 0 Å². The van der Waals surface area contributed by atoms with Gasteiger partial charge in [-0.2, -0.15) is 0 Å². The predicted molar refractivity (Wildman–Crippen MR) is 77.1 cm³/mol. The summed E-state index contributed by atoms with van der Waals surface area (Å²) in [6.45, 7) is 3.46. The van der Waals surface area contributed by atoms with Gasteiger partial charge in [-0.15, -0.1) is 0 Å². The molecule has 1 aromatic rings. The number of oxime groups is 1. The summed E-state index contributed by atoms with van der Waals surface area (Å²) >= 11 is 5.92. The third kappa shape index (κ3) is 2.93. The zero-order chi connectivity index (χ0) is 14.1. The molecule has 1 fully saturated rings. The molecule has 19 heavy (non-hydrogen) atoms. The van der Waals surface area contributed by atoms with E-state index in [9.17, 15) is 10.3 Å². The van der Waals surface area contributed by atoms with Crippen LogP contribution >= 0.6 is 11.6 Å². The van der Waals surface area contributed by atoms with Crippen molar-refractivity contribution >= 4 is 17.3 Å². The molecular weight excluding hydrogens is 262 g/mol. The monoisotopic (exact) mass is 281 g/mol. The fourth-order valence-electron chi connectivity index (χ4n) is 2.75. The van der Waals surface area contributed by atoms with Crippen molar-refractivity contribution in [3.63, 3.8) is 0 Å². The van der Waals surface area contributed by atoms with Crippen molar-refractivity contribution in [3.05, 3.63) is 34.9 Å². The van der Waals surface area contributed by atoms with Crippen molar-refractivity contribution in [1.82, 2.24) is 0 Å². The van der Waals surface area contributed by atoms with Gasteiger partial charge in [-0.25, -0.2) is 0 Å². The summed E-state index contributed by atoms with van der Waals surface area (Å²) in [7, 11) is 0. The molecule has 0 bridgehead atoms. The SMILES string of the molecule is CC(C)(O)C/C(=N/O)C1(c2ccc(Cl)cc2)CCC1. The molecule has 104 valence electrons. The maximum atomic E-state index is 9.98. The normalized spacial score (nSPS) is 19.1. The van der Waals surface area contributed by atoms with Gasteiger partial charge in [0.15, 0.2) is 0 Å². The molecule has 0 unspecified atom stereocenters. The Labute approximate surface area is 118 Å². The van der Waals surface area contributed by atoms with Gasteiger partial charge in [-0.3, -0.25) is 0 Å². The second-order valence-corrected chi connectivity index (χ2v) is 6.41. The zero-order valence-corrected chi connectivity index (χ0v) is 12.1. The lowest BCUT2D eigenvalue weighted by Gasteiger charge is -2.44. The number of nitrogens with zero attached hydrogens (tertiary/aromatic N) is 1. The number of benzene rings is 1. The average molecular weight is 282 g/mol. The van der Waals surface area contributed by atoms with E-state index < -0.39 is 5.60 Å². The van der Waals surface area contributed by atoms with E-state index in [1.54, 1.807) is 13.8 Å². The Morgan fingerprint density at radius 2 is 1.89 bits per heavy atom. The molecule has 0 aromatic heterocycles. The Hall–Kier alpha value is -1.06. The number of aliphatic hydroxyl groups is 1. The highest BCUT2D eigenvalue weighted by molar-refractivity contribution is 6.30. The molecule has 2 N–H and O–H groups in total. The number of hydrogen-bond donors (Lipinski definition) is 2. The third-order valence-electron chi connectivity index (χ3n) is 3.88. The fraction of sp³-hybridized carbons (Fsp3) is 0.533. The predicted octanol–water partition coefficient (Wildman–Crippen LogP) is 3.75. The lowest BCUT2D eigenvalue weighted by atomic mass is 9.60. The summed E-state index contributed by atoms with van der Waals surface area (Å²) in [4.78, 5) is 0. The summed E-state index contributed by atoms with van der Waals surface area (Å²) in [5, 5.41) is 23.5. The van der Waals surface area contributed by atoms with Crippen LogP contribution in [0.5, 0.6) is 0 Å². The van der Waals surface area contributed by atoms with Crippen molar-refractivity contribution in [1.29, 1.82) is 0 Å². The second kappa shape index (κ2) is 5.14. The van der Waals surface area contributed by atoms with Gasteiger partial charge in [0.05, 0.1) is 11.3 Å². The van der Waals surface area contributed by atoms with Gasteiger partial charge in [-0.05, 0) is 44.4 Å². The third-order valence-corrected chi connectivity index (χ3v) is 4.13. The van der Waals surface area contributed by atoms with E-state index in [1.165, 1.54) is 0 Å². The van der Waals surface area contributed by atoms with E-state index in [1.807, 2.05) is 24.3 Å². The maximum absolute atomic E-state index is 9.98. The first-order chi connectivity index (χ1) is 8.87. The van der Waals surface area contributed by atoms with Gasteiger partial charge in [0.1, 0.15) is 0 Å². The Kier molecular flexibility index (Phi) is 3.88. The zero-order valence-electron chi connectivity index (χ0n) is 11.4. The van der Waals surface area contributed by atoms with Crippen LogP contribution in [0.1, 0.15) is 45.1 Å². The summed E-state index contributed by atoms with van der Waals surface area (Å²) in [5.74, 6) is 0. The van der Waals surface area contributed by atoms with E-state index in [0.29, 0.717) is 17.2 Å². The van der Waals surface area contributed by atoms with Crippen LogP contribution in [0.2, 0.25) is 5.02 Å². The standard InChI is InChI=1S/C15H20ClNO2/c1-14(2,18)10-13(17-19)15(8-3-9-15)11-4-6-12(16)7-5-11/h4-7,18-19H,3,8-10H2,1-2H3/b17-13-. The maximum Gasteiger partial charge on any atom is 0.0704 e. The summed E-state index contributed by atoms with van der Waals surface area (Å²) in [5.41, 5.74) is 0.657. The van der Waals surface area contributed by atoms with Crippen molar-refractivity contribution in [2.75, 3.05) is 0 Å². The first kappa shape index (κ1) is 14.4. The molecule has 0 heterocycles. The first-order valence-corrected chi connectivity index (χ1v) is 6.95. The van der Waals surface area contributed by atoms with E-state index in [4.69, 9.17) is 11.6 Å². The van der Waals surface area contributed by atoms with Gasteiger partial charge < -0.3 is 10.3 Å². The van der Waals surface area contributed by atoms with E-state index >= 15 is 0 Å². The summed E-state index contributed by atoms with van der Waals surface area (Å²) in [6, 6.07) is 7.68. The number of rotatable bonds is 4. The van der Waals surface area contributed by atoms with Crippen molar-refractivity contribution in [3.8, 4) is 0 Å². The van der Waals surface area contributed by atoms with Crippen molar-refractivity contribution < 1.29 is 10.3 Å². The molecular formula is C15H20ClNO2. The second-order valence-electron chi connectivity index (χ2n) is 5.98. The molecule has 1 aliphatic rings. The molecule has 0 spiro atoms. The van der Waals surface area contributed by atoms with E-state index in [2.05, 4.69) is 5.16 Å². The molecule has 0 saturated heterocycles. The van der Waals surface area contributed by atoms with Crippen LogP contribution in [-0.4, -0.2) is 21.6 Å². The van der Waals surface area contributed by atoms with Gasteiger partial charge in [-0.1, -0.05) is 35.3 Å². The highest BCUT2D eigenvalue weighted by atomic mass is 35.5. The molecule has 0 aliphatic heterocycles. The Morgan fingerprint density at radius 1 is 1.32 bits per heavy atom. The molecule has 2 rings (SSSR count). The minimum Gasteiger partial charge on any atom is -0.411 e. The molecule has 1 saturated carbocycles. The van der Waals surface area contributed by atoms with E-state index in [0.717, 1.165) is 24.8 Å². The molecule has 4 heteroatoms. The quantitative estimate of drug-likeness (QED) is 0.502. The van der Waals surface area contributed by atoms with Crippen molar-refractivity contribution in [2.24, 2.45) is 5.16 Å². The molecule has 0 amide bonds. The van der Waals surface area contributed by atoms with Crippen LogP contribution in [0.4, 0.5) is 0 Å². The topological polar surface area (TPSA) is 52.8 Å². The molecule has 1 aromatic carbocycles. The summed E-state index contributed by atoms with van der Waals surface area (Å²) in [6.07, 6.45) is 3.37. The van der Waals surface area contributed by atoms with Crippen LogP contribution < -0.4 is 0 Å². The van der Waals surface area contributed by atoms with E-state index in [-0.39, 0.29) is 5.41 Å². The minimum absolute atomic E-state index is 0.237. The molecule has 0 radical (unpaired) electrons. The Morgan fingerprint density at radius 3 is 2.26 bits per heavy atom.